The number of carbonyl (C=O) groups is 2. The molecule has 2 unspecified atom stereocenters. The van der Waals surface area contributed by atoms with E-state index < -0.39 is 5.97 Å². The molecule has 0 aromatic rings. The summed E-state index contributed by atoms with van der Waals surface area (Å²) in [7, 11) is 0. The summed E-state index contributed by atoms with van der Waals surface area (Å²) < 4.78 is 0. The van der Waals surface area contributed by atoms with E-state index in [0.29, 0.717) is 23.5 Å². The summed E-state index contributed by atoms with van der Waals surface area (Å²) in [6, 6.07) is 0. The Morgan fingerprint density at radius 3 is 2.62 bits per heavy atom. The number of allylic oxidation sites excluding steroid dienone is 1. The Morgan fingerprint density at radius 1 is 1.17 bits per heavy atom. The second-order valence-corrected chi connectivity index (χ2v) is 9.52. The van der Waals surface area contributed by atoms with Gasteiger partial charge in [-0.3, -0.25) is 9.59 Å². The third-order valence-electron chi connectivity index (χ3n) is 8.57. The van der Waals surface area contributed by atoms with Crippen molar-refractivity contribution in [1.29, 1.82) is 0 Å². The minimum Gasteiger partial charge on any atom is -0.481 e. The molecule has 0 aliphatic heterocycles. The molecule has 1 N–H and O–H groups in total. The van der Waals surface area contributed by atoms with E-state index in [-0.39, 0.29) is 22.7 Å². The molecule has 0 heterocycles. The van der Waals surface area contributed by atoms with E-state index in [0.717, 1.165) is 44.9 Å². The van der Waals surface area contributed by atoms with Crippen molar-refractivity contribution in [1.82, 2.24) is 0 Å². The van der Waals surface area contributed by atoms with Crippen LogP contribution in [-0.4, -0.2) is 16.9 Å². The molecule has 0 amide bonds. The van der Waals surface area contributed by atoms with Crippen LogP contribution in [0.4, 0.5) is 0 Å². The van der Waals surface area contributed by atoms with E-state index in [1.807, 2.05) is 6.08 Å². The normalized spacial score (nSPS) is 50.5. The van der Waals surface area contributed by atoms with Gasteiger partial charge in [-0.2, -0.15) is 0 Å². The highest BCUT2D eigenvalue weighted by atomic mass is 16.4. The third kappa shape index (κ3) is 2.02. The van der Waals surface area contributed by atoms with Crippen molar-refractivity contribution < 1.29 is 14.7 Å². The van der Waals surface area contributed by atoms with Crippen LogP contribution in [-0.2, 0) is 9.59 Å². The van der Waals surface area contributed by atoms with E-state index in [4.69, 9.17) is 0 Å². The molecule has 0 radical (unpaired) electrons. The summed E-state index contributed by atoms with van der Waals surface area (Å²) >= 11 is 0. The van der Waals surface area contributed by atoms with Gasteiger partial charge in [0.1, 0.15) is 0 Å². The smallest absolute Gasteiger partial charge is 0.307 e. The van der Waals surface area contributed by atoms with Gasteiger partial charge in [0.05, 0.1) is 5.92 Å². The lowest BCUT2D eigenvalue weighted by molar-refractivity contribution is -0.149. The molecule has 4 aliphatic carbocycles. The molecule has 3 heteroatoms. The zero-order valence-electron chi connectivity index (χ0n) is 15.2. The van der Waals surface area contributed by atoms with Gasteiger partial charge < -0.3 is 5.11 Å². The van der Waals surface area contributed by atoms with Gasteiger partial charge in [-0.15, -0.1) is 0 Å². The summed E-state index contributed by atoms with van der Waals surface area (Å²) in [6.45, 7) is 6.72. The lowest BCUT2D eigenvalue weighted by atomic mass is 9.46. The number of fused-ring (bicyclic) bond motifs is 5. The standard InChI is InChI=1S/C21H30O3/c1-12-11-21(3)13(10-18(12)22)4-5-14-15-6-7-17(19(23)24)20(15,2)9-8-16(14)21/h10,12,14-17H,4-9,11H2,1-3H3,(H,23,24)/t12?,14-,15-,16-,17?,20-,21-/m0/s1. The van der Waals surface area contributed by atoms with E-state index >= 15 is 0 Å². The molecule has 3 saturated carbocycles. The molecular formula is C21H30O3. The highest BCUT2D eigenvalue weighted by Gasteiger charge is 2.60. The molecule has 0 saturated heterocycles. The van der Waals surface area contributed by atoms with Crippen LogP contribution in [0.5, 0.6) is 0 Å². The predicted molar refractivity (Wildman–Crippen MR) is 92.4 cm³/mol. The number of rotatable bonds is 1. The van der Waals surface area contributed by atoms with Crippen LogP contribution in [0.25, 0.3) is 0 Å². The highest BCUT2D eigenvalue weighted by molar-refractivity contribution is 5.93. The number of ketones is 1. The van der Waals surface area contributed by atoms with Gasteiger partial charge in [0.15, 0.2) is 5.78 Å². The first-order valence-corrected chi connectivity index (χ1v) is 9.75. The van der Waals surface area contributed by atoms with Crippen LogP contribution in [0.2, 0.25) is 0 Å². The van der Waals surface area contributed by atoms with Crippen LogP contribution in [0.3, 0.4) is 0 Å². The number of carboxylic acids is 1. The van der Waals surface area contributed by atoms with Crippen molar-refractivity contribution in [3.8, 4) is 0 Å². The van der Waals surface area contributed by atoms with Gasteiger partial charge >= 0.3 is 5.97 Å². The summed E-state index contributed by atoms with van der Waals surface area (Å²) in [5.41, 5.74) is 1.54. The SMILES string of the molecule is CC1C[C@@]2(C)C(=CC1=O)CC[C@@H]1[C@@H]2CC[C@]2(C)C(C(=O)O)CC[C@@H]12. The van der Waals surface area contributed by atoms with Gasteiger partial charge in [-0.1, -0.05) is 26.3 Å². The van der Waals surface area contributed by atoms with Crippen LogP contribution in [0.1, 0.15) is 65.7 Å². The first kappa shape index (κ1) is 16.4. The Kier molecular flexibility index (Phi) is 3.54. The first-order chi connectivity index (χ1) is 11.3. The molecule has 0 bridgehead atoms. The number of carbonyl (C=O) groups excluding carboxylic acids is 1. The number of hydrogen-bond acceptors (Lipinski definition) is 2. The van der Waals surface area contributed by atoms with Gasteiger partial charge in [0.2, 0.25) is 0 Å². The van der Waals surface area contributed by atoms with Crippen molar-refractivity contribution >= 4 is 11.8 Å². The topological polar surface area (TPSA) is 54.4 Å². The molecule has 0 aromatic carbocycles. The van der Waals surface area contributed by atoms with Crippen molar-refractivity contribution in [3.05, 3.63) is 11.6 Å². The maximum absolute atomic E-state index is 12.2. The molecule has 132 valence electrons. The molecule has 0 aromatic heterocycles. The van der Waals surface area contributed by atoms with Gasteiger partial charge in [0.25, 0.3) is 0 Å². The van der Waals surface area contributed by atoms with E-state index in [1.165, 1.54) is 5.57 Å². The Labute approximate surface area is 144 Å². The maximum atomic E-state index is 12.2. The second-order valence-electron chi connectivity index (χ2n) is 9.52. The van der Waals surface area contributed by atoms with Gasteiger partial charge in [0, 0.05) is 5.92 Å². The van der Waals surface area contributed by atoms with E-state index in [2.05, 4.69) is 20.8 Å². The quantitative estimate of drug-likeness (QED) is 0.772. The number of aliphatic carboxylic acids is 1. The van der Waals surface area contributed by atoms with Crippen LogP contribution in [0, 0.1) is 40.4 Å². The molecule has 7 atom stereocenters. The lowest BCUT2D eigenvalue weighted by Crippen LogP contribution is -2.51. The minimum absolute atomic E-state index is 0.0132. The minimum atomic E-state index is -0.585. The van der Waals surface area contributed by atoms with Crippen molar-refractivity contribution in [2.45, 2.75) is 65.7 Å². The lowest BCUT2D eigenvalue weighted by Gasteiger charge is -2.58. The Morgan fingerprint density at radius 2 is 1.92 bits per heavy atom. The molecule has 0 spiro atoms. The Bertz CT molecular complexity index is 621. The molecular weight excluding hydrogens is 300 g/mol. The highest BCUT2D eigenvalue weighted by Crippen LogP contribution is 2.66. The predicted octanol–water partition coefficient (Wildman–Crippen LogP) is 4.47. The largest absolute Gasteiger partial charge is 0.481 e. The van der Waals surface area contributed by atoms with Crippen LogP contribution in [0.15, 0.2) is 11.6 Å². The Balaban J connectivity index is 1.68. The van der Waals surface area contributed by atoms with Gasteiger partial charge in [-0.25, -0.2) is 0 Å². The number of carboxylic acid groups (broad SMARTS) is 1. The average molecular weight is 330 g/mol. The number of hydrogen-bond donors (Lipinski definition) is 1. The molecule has 24 heavy (non-hydrogen) atoms. The average Bonchev–Trinajstić information content (AvgIpc) is 2.86. The van der Waals surface area contributed by atoms with Gasteiger partial charge in [-0.05, 0) is 79.6 Å². The zero-order chi connectivity index (χ0) is 17.3. The fourth-order valence-corrected chi connectivity index (χ4v) is 7.30. The molecule has 3 nitrogen and oxygen atoms in total. The fourth-order valence-electron chi connectivity index (χ4n) is 7.30. The third-order valence-corrected chi connectivity index (χ3v) is 8.57. The van der Waals surface area contributed by atoms with Crippen molar-refractivity contribution in [3.63, 3.8) is 0 Å². The first-order valence-electron chi connectivity index (χ1n) is 9.75. The summed E-state index contributed by atoms with van der Waals surface area (Å²) in [5, 5.41) is 9.67. The molecule has 4 aliphatic rings. The Hall–Kier alpha value is -1.12. The molecule has 4 rings (SSSR count). The zero-order valence-corrected chi connectivity index (χ0v) is 15.2. The monoisotopic (exact) mass is 330 g/mol. The van der Waals surface area contributed by atoms with Crippen molar-refractivity contribution in [2.24, 2.45) is 40.4 Å². The van der Waals surface area contributed by atoms with E-state index in [9.17, 15) is 14.7 Å². The van der Waals surface area contributed by atoms with Crippen LogP contribution >= 0.6 is 0 Å². The second kappa shape index (κ2) is 5.19. The maximum Gasteiger partial charge on any atom is 0.307 e. The summed E-state index contributed by atoms with van der Waals surface area (Å²) in [5.74, 6) is 1.56. The summed E-state index contributed by atoms with van der Waals surface area (Å²) in [4.78, 5) is 23.9. The van der Waals surface area contributed by atoms with Crippen LogP contribution < -0.4 is 0 Å². The fraction of sp³-hybridized carbons (Fsp3) is 0.810. The van der Waals surface area contributed by atoms with Crippen molar-refractivity contribution in [2.75, 3.05) is 0 Å². The summed E-state index contributed by atoms with van der Waals surface area (Å²) in [6.07, 6.45) is 9.27. The molecule has 3 fully saturated rings. The van der Waals surface area contributed by atoms with E-state index in [1.54, 1.807) is 0 Å².